The summed E-state index contributed by atoms with van der Waals surface area (Å²) in [6, 6.07) is 8.89. The molecule has 1 saturated heterocycles. The summed E-state index contributed by atoms with van der Waals surface area (Å²) in [7, 11) is 0. The van der Waals surface area contributed by atoms with Crippen LogP contribution in [0.3, 0.4) is 0 Å². The highest BCUT2D eigenvalue weighted by atomic mass is 16.5. The van der Waals surface area contributed by atoms with Crippen LogP contribution in [0.5, 0.6) is 5.75 Å². The maximum atomic E-state index is 5.83. The molecule has 1 fully saturated rings. The lowest BCUT2D eigenvalue weighted by atomic mass is 10.2. The van der Waals surface area contributed by atoms with E-state index in [4.69, 9.17) is 9.47 Å². The normalized spacial score (nSPS) is 19.6. The van der Waals surface area contributed by atoms with Crippen molar-refractivity contribution in [3.05, 3.63) is 29.8 Å². The zero-order valence-corrected chi connectivity index (χ0v) is 13.3. The summed E-state index contributed by atoms with van der Waals surface area (Å²) < 4.78 is 11.3. The minimum Gasteiger partial charge on any atom is -0.492 e. The molecule has 1 aromatic carbocycles. The van der Waals surface area contributed by atoms with Gasteiger partial charge in [-0.2, -0.15) is 0 Å². The van der Waals surface area contributed by atoms with E-state index in [2.05, 4.69) is 48.3 Å². The van der Waals surface area contributed by atoms with Gasteiger partial charge in [-0.15, -0.1) is 0 Å². The van der Waals surface area contributed by atoms with Crippen LogP contribution in [-0.4, -0.2) is 50.4 Å². The molecule has 0 amide bonds. The molecule has 4 nitrogen and oxygen atoms in total. The van der Waals surface area contributed by atoms with E-state index in [1.807, 2.05) is 0 Å². The summed E-state index contributed by atoms with van der Waals surface area (Å²) in [5, 5.41) is 3.40. The van der Waals surface area contributed by atoms with Gasteiger partial charge in [-0.05, 0) is 37.6 Å². The highest BCUT2D eigenvalue weighted by molar-refractivity contribution is 5.27. The van der Waals surface area contributed by atoms with Crippen molar-refractivity contribution >= 4 is 0 Å². The van der Waals surface area contributed by atoms with E-state index in [-0.39, 0.29) is 0 Å². The van der Waals surface area contributed by atoms with E-state index in [1.165, 1.54) is 12.0 Å². The Labute approximate surface area is 128 Å². The Hall–Kier alpha value is -1.10. The third-order valence-electron chi connectivity index (χ3n) is 3.83. The number of nitrogens with zero attached hydrogens (tertiary/aromatic N) is 1. The molecule has 1 aromatic rings. The summed E-state index contributed by atoms with van der Waals surface area (Å²) in [5.74, 6) is 0.954. The molecule has 1 heterocycles. The van der Waals surface area contributed by atoms with Crippen molar-refractivity contribution in [2.45, 2.75) is 32.9 Å². The summed E-state index contributed by atoms with van der Waals surface area (Å²) >= 11 is 0. The molecule has 1 atom stereocenters. The largest absolute Gasteiger partial charge is 0.492 e. The van der Waals surface area contributed by atoms with Crippen molar-refractivity contribution < 1.29 is 9.47 Å². The third-order valence-corrected chi connectivity index (χ3v) is 3.83. The molecule has 21 heavy (non-hydrogen) atoms. The molecule has 0 radical (unpaired) electrons. The van der Waals surface area contributed by atoms with Gasteiger partial charge in [0.2, 0.25) is 0 Å². The first-order valence-corrected chi connectivity index (χ1v) is 8.04. The number of nitrogens with one attached hydrogen (secondary N) is 1. The summed E-state index contributed by atoms with van der Waals surface area (Å²) in [5.41, 5.74) is 1.30. The van der Waals surface area contributed by atoms with Crippen molar-refractivity contribution in [2.75, 3.05) is 39.5 Å². The minimum absolute atomic E-state index is 0.495. The van der Waals surface area contributed by atoms with Crippen LogP contribution >= 0.6 is 0 Å². The fourth-order valence-corrected chi connectivity index (χ4v) is 2.49. The SMILES string of the molecule is CCCNCc1ccc(OCCN2CCOCC2C)cc1. The van der Waals surface area contributed by atoms with Crippen molar-refractivity contribution in [1.82, 2.24) is 10.2 Å². The van der Waals surface area contributed by atoms with Gasteiger partial charge in [-0.3, -0.25) is 4.90 Å². The molecule has 118 valence electrons. The van der Waals surface area contributed by atoms with Gasteiger partial charge >= 0.3 is 0 Å². The zero-order valence-electron chi connectivity index (χ0n) is 13.3. The Kier molecular flexibility index (Phi) is 7.00. The van der Waals surface area contributed by atoms with E-state index in [9.17, 15) is 0 Å². The molecule has 0 aromatic heterocycles. The molecule has 1 aliphatic heterocycles. The second kappa shape index (κ2) is 9.03. The number of benzene rings is 1. The number of hydrogen-bond acceptors (Lipinski definition) is 4. The van der Waals surface area contributed by atoms with Crippen LogP contribution in [0.25, 0.3) is 0 Å². The van der Waals surface area contributed by atoms with E-state index < -0.39 is 0 Å². The molecule has 0 saturated carbocycles. The smallest absolute Gasteiger partial charge is 0.119 e. The summed E-state index contributed by atoms with van der Waals surface area (Å²) in [6.45, 7) is 10.8. The molecule has 1 unspecified atom stereocenters. The topological polar surface area (TPSA) is 33.7 Å². The Morgan fingerprint density at radius 3 is 2.86 bits per heavy atom. The Balaban J connectivity index is 1.68. The van der Waals surface area contributed by atoms with Gasteiger partial charge in [0.25, 0.3) is 0 Å². The van der Waals surface area contributed by atoms with Crippen LogP contribution in [0, 0.1) is 0 Å². The first kappa shape index (κ1) is 16.3. The van der Waals surface area contributed by atoms with Crippen LogP contribution in [0.1, 0.15) is 25.8 Å². The maximum absolute atomic E-state index is 5.83. The molecular formula is C17H28N2O2. The Morgan fingerprint density at radius 1 is 1.33 bits per heavy atom. The number of ether oxygens (including phenoxy) is 2. The van der Waals surface area contributed by atoms with Crippen LogP contribution in [0.2, 0.25) is 0 Å². The van der Waals surface area contributed by atoms with Gasteiger partial charge in [0.1, 0.15) is 12.4 Å². The highest BCUT2D eigenvalue weighted by Crippen LogP contribution is 2.13. The first-order chi connectivity index (χ1) is 10.3. The standard InChI is InChI=1S/C17H28N2O2/c1-3-8-18-13-16-4-6-17(7-5-16)21-12-10-19-9-11-20-14-15(19)2/h4-7,15,18H,3,8-14H2,1-2H3. The lowest BCUT2D eigenvalue weighted by Crippen LogP contribution is -2.45. The highest BCUT2D eigenvalue weighted by Gasteiger charge is 2.17. The molecule has 1 N–H and O–H groups in total. The molecule has 4 heteroatoms. The van der Waals surface area contributed by atoms with Crippen LogP contribution in [0.4, 0.5) is 0 Å². The van der Waals surface area contributed by atoms with Crippen molar-refractivity contribution in [2.24, 2.45) is 0 Å². The first-order valence-electron chi connectivity index (χ1n) is 8.04. The van der Waals surface area contributed by atoms with Crippen LogP contribution in [-0.2, 0) is 11.3 Å². The Bertz CT molecular complexity index is 394. The zero-order chi connectivity index (χ0) is 14.9. The van der Waals surface area contributed by atoms with Crippen molar-refractivity contribution in [3.63, 3.8) is 0 Å². The van der Waals surface area contributed by atoms with Crippen molar-refractivity contribution in [1.29, 1.82) is 0 Å². The predicted molar refractivity (Wildman–Crippen MR) is 85.8 cm³/mol. The number of hydrogen-bond donors (Lipinski definition) is 1. The quantitative estimate of drug-likeness (QED) is 0.745. The van der Waals surface area contributed by atoms with Gasteiger partial charge < -0.3 is 14.8 Å². The maximum Gasteiger partial charge on any atom is 0.119 e. The average Bonchev–Trinajstić information content (AvgIpc) is 2.51. The van der Waals surface area contributed by atoms with Gasteiger partial charge in [0.05, 0.1) is 13.2 Å². The summed E-state index contributed by atoms with van der Waals surface area (Å²) in [6.07, 6.45) is 1.17. The molecule has 0 aliphatic carbocycles. The fraction of sp³-hybridized carbons (Fsp3) is 0.647. The molecule has 0 bridgehead atoms. The molecule has 0 spiro atoms. The van der Waals surface area contributed by atoms with Crippen LogP contribution in [0.15, 0.2) is 24.3 Å². The van der Waals surface area contributed by atoms with E-state index in [0.29, 0.717) is 6.04 Å². The van der Waals surface area contributed by atoms with Crippen LogP contribution < -0.4 is 10.1 Å². The lowest BCUT2D eigenvalue weighted by Gasteiger charge is -2.32. The van der Waals surface area contributed by atoms with Gasteiger partial charge in [0, 0.05) is 25.7 Å². The van der Waals surface area contributed by atoms with E-state index >= 15 is 0 Å². The van der Waals surface area contributed by atoms with Gasteiger partial charge in [0.15, 0.2) is 0 Å². The number of morpholine rings is 1. The van der Waals surface area contributed by atoms with E-state index in [1.54, 1.807) is 0 Å². The average molecular weight is 292 g/mol. The van der Waals surface area contributed by atoms with Gasteiger partial charge in [-0.1, -0.05) is 19.1 Å². The molecule has 1 aliphatic rings. The number of rotatable bonds is 8. The third kappa shape index (κ3) is 5.65. The fourth-order valence-electron chi connectivity index (χ4n) is 2.49. The second-order valence-corrected chi connectivity index (χ2v) is 5.63. The minimum atomic E-state index is 0.495. The molecule has 2 rings (SSSR count). The van der Waals surface area contributed by atoms with Crippen molar-refractivity contribution in [3.8, 4) is 5.75 Å². The monoisotopic (exact) mass is 292 g/mol. The molecular weight excluding hydrogens is 264 g/mol. The predicted octanol–water partition coefficient (Wildman–Crippen LogP) is 2.29. The van der Waals surface area contributed by atoms with Gasteiger partial charge in [-0.25, -0.2) is 0 Å². The lowest BCUT2D eigenvalue weighted by molar-refractivity contribution is -0.00514. The summed E-state index contributed by atoms with van der Waals surface area (Å²) in [4.78, 5) is 2.42. The van der Waals surface area contributed by atoms with E-state index in [0.717, 1.165) is 51.7 Å². The second-order valence-electron chi connectivity index (χ2n) is 5.63. The Morgan fingerprint density at radius 2 is 2.14 bits per heavy atom.